The first-order chi connectivity index (χ1) is 7.95. The number of pyridine rings is 1. The van der Waals surface area contributed by atoms with E-state index in [2.05, 4.69) is 5.32 Å². The molecule has 0 aliphatic carbocycles. The summed E-state index contributed by atoms with van der Waals surface area (Å²) in [6, 6.07) is 2.70. The Kier molecular flexibility index (Phi) is 4.03. The van der Waals surface area contributed by atoms with E-state index in [0.29, 0.717) is 5.56 Å². The van der Waals surface area contributed by atoms with Gasteiger partial charge in [-0.1, -0.05) is 0 Å². The zero-order chi connectivity index (χ0) is 13.0. The van der Waals surface area contributed by atoms with Crippen LogP contribution in [0.25, 0.3) is 0 Å². The number of amides is 2. The first-order valence-corrected chi connectivity index (χ1v) is 5.08. The van der Waals surface area contributed by atoms with Gasteiger partial charge in [0.2, 0.25) is 5.91 Å². The van der Waals surface area contributed by atoms with Crippen molar-refractivity contribution >= 4 is 11.8 Å². The van der Waals surface area contributed by atoms with E-state index in [1.54, 1.807) is 14.1 Å². The molecule has 0 unspecified atom stereocenters. The van der Waals surface area contributed by atoms with Crippen LogP contribution in [0.2, 0.25) is 0 Å². The van der Waals surface area contributed by atoms with Crippen molar-refractivity contribution in [1.29, 1.82) is 0 Å². The summed E-state index contributed by atoms with van der Waals surface area (Å²) in [5, 5.41) is 2.45. The van der Waals surface area contributed by atoms with Crippen LogP contribution in [0.3, 0.4) is 0 Å². The first-order valence-electron chi connectivity index (χ1n) is 5.08. The third-order valence-corrected chi connectivity index (χ3v) is 2.28. The van der Waals surface area contributed by atoms with E-state index >= 15 is 0 Å². The third-order valence-electron chi connectivity index (χ3n) is 2.28. The third kappa shape index (κ3) is 3.17. The summed E-state index contributed by atoms with van der Waals surface area (Å²) in [5.41, 5.74) is 0.0338. The summed E-state index contributed by atoms with van der Waals surface area (Å²) < 4.78 is 1.22. The molecule has 0 aliphatic rings. The maximum atomic E-state index is 11.5. The molecule has 1 rings (SSSR count). The highest BCUT2D eigenvalue weighted by Gasteiger charge is 2.09. The zero-order valence-corrected chi connectivity index (χ0v) is 10.1. The summed E-state index contributed by atoms with van der Waals surface area (Å²) >= 11 is 0. The highest BCUT2D eigenvalue weighted by Crippen LogP contribution is 1.96. The maximum absolute atomic E-state index is 11.5. The molecule has 2 amide bonds. The van der Waals surface area contributed by atoms with E-state index in [0.717, 1.165) is 0 Å². The highest BCUT2D eigenvalue weighted by molar-refractivity contribution is 5.93. The van der Waals surface area contributed by atoms with Crippen LogP contribution in [0, 0.1) is 0 Å². The minimum absolute atomic E-state index is 0.0728. The molecule has 0 aromatic carbocycles. The van der Waals surface area contributed by atoms with Gasteiger partial charge < -0.3 is 14.8 Å². The summed E-state index contributed by atoms with van der Waals surface area (Å²) in [4.78, 5) is 35.7. The van der Waals surface area contributed by atoms with Gasteiger partial charge in [0.1, 0.15) is 6.54 Å². The van der Waals surface area contributed by atoms with Crippen LogP contribution < -0.4 is 10.9 Å². The van der Waals surface area contributed by atoms with E-state index in [1.165, 1.54) is 34.8 Å². The number of hydrogen-bond donors (Lipinski definition) is 1. The number of nitrogens with zero attached hydrogens (tertiary/aromatic N) is 2. The van der Waals surface area contributed by atoms with E-state index in [-0.39, 0.29) is 23.9 Å². The van der Waals surface area contributed by atoms with E-state index in [1.807, 2.05) is 0 Å². The molecule has 0 aliphatic heterocycles. The number of carbonyl (C=O) groups is 2. The van der Waals surface area contributed by atoms with Gasteiger partial charge in [0.25, 0.3) is 11.5 Å². The van der Waals surface area contributed by atoms with Crippen LogP contribution in [0.15, 0.2) is 23.1 Å². The molecule has 6 nitrogen and oxygen atoms in total. The molecule has 0 fully saturated rings. The average molecular weight is 237 g/mol. The van der Waals surface area contributed by atoms with Crippen LogP contribution in [0.5, 0.6) is 0 Å². The molecule has 0 atom stereocenters. The molecule has 17 heavy (non-hydrogen) atoms. The first kappa shape index (κ1) is 13.0. The Morgan fingerprint density at radius 3 is 2.53 bits per heavy atom. The SMILES string of the molecule is CNC(=O)c1ccc(=O)n(CC(=O)N(C)C)c1. The standard InChI is InChI=1S/C11H15N3O3/c1-12-11(17)8-4-5-9(15)14(6-8)7-10(16)13(2)3/h4-6H,7H2,1-3H3,(H,12,17). The maximum Gasteiger partial charge on any atom is 0.252 e. The monoisotopic (exact) mass is 237 g/mol. The topological polar surface area (TPSA) is 71.4 Å². The number of carbonyl (C=O) groups excluding carboxylic acids is 2. The fourth-order valence-corrected chi connectivity index (χ4v) is 1.22. The minimum atomic E-state index is -0.312. The molecule has 1 aromatic heterocycles. The van der Waals surface area contributed by atoms with Crippen LogP contribution in [0.4, 0.5) is 0 Å². The van der Waals surface area contributed by atoms with Crippen LogP contribution >= 0.6 is 0 Å². The highest BCUT2D eigenvalue weighted by atomic mass is 16.2. The zero-order valence-electron chi connectivity index (χ0n) is 10.1. The molecule has 6 heteroatoms. The van der Waals surface area contributed by atoms with Gasteiger partial charge in [-0.05, 0) is 6.07 Å². The van der Waals surface area contributed by atoms with Gasteiger partial charge in [0, 0.05) is 33.4 Å². The van der Waals surface area contributed by atoms with Gasteiger partial charge in [0.05, 0.1) is 5.56 Å². The molecule has 1 aromatic rings. The van der Waals surface area contributed by atoms with Crippen LogP contribution in [-0.4, -0.2) is 42.4 Å². The van der Waals surface area contributed by atoms with Gasteiger partial charge in [0.15, 0.2) is 0 Å². The molecule has 0 saturated carbocycles. The number of hydrogen-bond acceptors (Lipinski definition) is 3. The van der Waals surface area contributed by atoms with Gasteiger partial charge in [-0.2, -0.15) is 0 Å². The van der Waals surface area contributed by atoms with Crippen molar-refractivity contribution < 1.29 is 9.59 Å². The Morgan fingerprint density at radius 2 is 2.00 bits per heavy atom. The summed E-state index contributed by atoms with van der Waals surface area (Å²) in [6.07, 6.45) is 1.38. The fourth-order valence-electron chi connectivity index (χ4n) is 1.22. The predicted molar refractivity (Wildman–Crippen MR) is 62.8 cm³/mol. The molecule has 1 heterocycles. The van der Waals surface area contributed by atoms with Crippen molar-refractivity contribution in [1.82, 2.24) is 14.8 Å². The largest absolute Gasteiger partial charge is 0.355 e. The average Bonchev–Trinajstić information content (AvgIpc) is 2.30. The second-order valence-electron chi connectivity index (χ2n) is 3.75. The quantitative estimate of drug-likeness (QED) is 0.755. The van der Waals surface area contributed by atoms with Crippen molar-refractivity contribution in [2.24, 2.45) is 0 Å². The Hall–Kier alpha value is -2.11. The molecule has 92 valence electrons. The molecule has 0 radical (unpaired) electrons. The fraction of sp³-hybridized carbons (Fsp3) is 0.364. The smallest absolute Gasteiger partial charge is 0.252 e. The van der Waals surface area contributed by atoms with Crippen molar-refractivity contribution in [3.05, 3.63) is 34.2 Å². The van der Waals surface area contributed by atoms with Crippen molar-refractivity contribution in [2.45, 2.75) is 6.54 Å². The Balaban J connectivity index is 3.03. The summed E-state index contributed by atoms with van der Waals surface area (Å²) in [5.74, 6) is -0.503. The molecule has 0 spiro atoms. The molecular weight excluding hydrogens is 222 g/mol. The second kappa shape index (κ2) is 5.29. The lowest BCUT2D eigenvalue weighted by Gasteiger charge is -2.12. The van der Waals surface area contributed by atoms with E-state index < -0.39 is 0 Å². The lowest BCUT2D eigenvalue weighted by molar-refractivity contribution is -0.129. The lowest BCUT2D eigenvalue weighted by Crippen LogP contribution is -2.32. The lowest BCUT2D eigenvalue weighted by atomic mass is 10.2. The molecular formula is C11H15N3O3. The van der Waals surface area contributed by atoms with Gasteiger partial charge >= 0.3 is 0 Å². The van der Waals surface area contributed by atoms with Gasteiger partial charge in [-0.3, -0.25) is 14.4 Å². The predicted octanol–water partition coefficient (Wildman–Crippen LogP) is -0.704. The Bertz CT molecular complexity index is 491. The molecule has 1 N–H and O–H groups in total. The van der Waals surface area contributed by atoms with Gasteiger partial charge in [-0.25, -0.2) is 0 Å². The minimum Gasteiger partial charge on any atom is -0.355 e. The van der Waals surface area contributed by atoms with Gasteiger partial charge in [-0.15, -0.1) is 0 Å². The molecule has 0 saturated heterocycles. The van der Waals surface area contributed by atoms with Crippen LogP contribution in [0.1, 0.15) is 10.4 Å². The molecule has 0 bridgehead atoms. The van der Waals surface area contributed by atoms with Crippen molar-refractivity contribution in [2.75, 3.05) is 21.1 Å². The summed E-state index contributed by atoms with van der Waals surface area (Å²) in [6.45, 7) is -0.0728. The van der Waals surface area contributed by atoms with E-state index in [4.69, 9.17) is 0 Å². The number of likely N-dealkylation sites (N-methyl/N-ethyl adjacent to an activating group) is 1. The number of rotatable bonds is 3. The van der Waals surface area contributed by atoms with Crippen LogP contribution in [-0.2, 0) is 11.3 Å². The number of nitrogens with one attached hydrogen (secondary N) is 1. The normalized spacial score (nSPS) is 9.82. The summed E-state index contributed by atoms with van der Waals surface area (Å²) in [7, 11) is 4.72. The van der Waals surface area contributed by atoms with Crippen molar-refractivity contribution in [3.63, 3.8) is 0 Å². The second-order valence-corrected chi connectivity index (χ2v) is 3.75. The van der Waals surface area contributed by atoms with Crippen molar-refractivity contribution in [3.8, 4) is 0 Å². The van der Waals surface area contributed by atoms with E-state index in [9.17, 15) is 14.4 Å². The Labute approximate surface area is 98.8 Å². The number of aromatic nitrogens is 1. The Morgan fingerprint density at radius 1 is 1.35 bits per heavy atom.